The molecule has 1 rings (SSSR count). The number of aromatic nitrogens is 1. The van der Waals surface area contributed by atoms with Crippen LogP contribution in [0, 0.1) is 6.92 Å². The number of ether oxygens (including phenoxy) is 1. The summed E-state index contributed by atoms with van der Waals surface area (Å²) >= 11 is 0. The van der Waals surface area contributed by atoms with E-state index in [1.807, 2.05) is 47.6 Å². The van der Waals surface area contributed by atoms with Crippen LogP contribution in [-0.2, 0) is 4.74 Å². The molecule has 0 aromatic carbocycles. The Hall–Kier alpha value is -1.58. The van der Waals surface area contributed by atoms with E-state index in [9.17, 15) is 4.79 Å². The number of aryl methyl sites for hydroxylation is 1. The van der Waals surface area contributed by atoms with E-state index < -0.39 is 11.7 Å². The van der Waals surface area contributed by atoms with E-state index in [0.717, 1.165) is 5.56 Å². The van der Waals surface area contributed by atoms with Crippen LogP contribution in [-0.4, -0.2) is 16.7 Å². The first-order valence-electron chi connectivity index (χ1n) is 5.79. The summed E-state index contributed by atoms with van der Waals surface area (Å²) in [7, 11) is 0. The van der Waals surface area contributed by atoms with Crippen LogP contribution >= 0.6 is 0 Å². The summed E-state index contributed by atoms with van der Waals surface area (Å²) in [6.07, 6.45) is 2.81. The van der Waals surface area contributed by atoms with Crippen molar-refractivity contribution in [3.8, 4) is 0 Å². The van der Waals surface area contributed by atoms with Crippen LogP contribution in [0.15, 0.2) is 18.5 Å². The van der Waals surface area contributed by atoms with Crippen LogP contribution in [0.1, 0.15) is 40.2 Å². The fourth-order valence-corrected chi connectivity index (χ4v) is 1.01. The molecule has 0 aliphatic rings. The summed E-state index contributed by atoms with van der Waals surface area (Å²) in [5.41, 5.74) is 1.14. The third-order valence-electron chi connectivity index (χ3n) is 1.67. The van der Waals surface area contributed by atoms with Crippen molar-refractivity contribution in [2.45, 2.75) is 47.1 Å². The van der Waals surface area contributed by atoms with E-state index in [0.29, 0.717) is 5.69 Å². The maximum Gasteiger partial charge on any atom is 0.412 e. The zero-order valence-corrected chi connectivity index (χ0v) is 11.5. The molecular weight excluding hydrogens is 216 g/mol. The van der Waals surface area contributed by atoms with Gasteiger partial charge >= 0.3 is 6.09 Å². The van der Waals surface area contributed by atoms with Gasteiger partial charge in [0.1, 0.15) is 5.60 Å². The number of pyridine rings is 1. The molecule has 4 nitrogen and oxygen atoms in total. The number of nitrogens with one attached hydrogen (secondary N) is 1. The lowest BCUT2D eigenvalue weighted by Crippen LogP contribution is -2.27. The summed E-state index contributed by atoms with van der Waals surface area (Å²) in [5, 5.41) is 2.64. The van der Waals surface area contributed by atoms with Gasteiger partial charge in [0, 0.05) is 6.20 Å². The van der Waals surface area contributed by atoms with E-state index in [1.165, 1.54) is 0 Å². The second-order valence-electron chi connectivity index (χ2n) is 4.32. The summed E-state index contributed by atoms with van der Waals surface area (Å²) in [4.78, 5) is 15.3. The quantitative estimate of drug-likeness (QED) is 0.810. The standard InChI is InChI=1S/C11H16N2O2.C2H6/c1-8-5-6-12-7-9(8)13-10(14)15-11(2,3)4;1-2/h5-7H,1-4H3,(H,13,14);1-2H3. The Bertz CT molecular complexity index is 357. The van der Waals surface area contributed by atoms with Crippen LogP contribution in [0.4, 0.5) is 10.5 Å². The normalized spacial score (nSPS) is 10.0. The predicted molar refractivity (Wildman–Crippen MR) is 70.2 cm³/mol. The minimum Gasteiger partial charge on any atom is -0.444 e. The Kier molecular flexibility index (Phi) is 6.25. The number of hydrogen-bond acceptors (Lipinski definition) is 3. The van der Waals surface area contributed by atoms with Gasteiger partial charge in [-0.2, -0.15) is 0 Å². The Morgan fingerprint density at radius 3 is 2.41 bits per heavy atom. The summed E-state index contributed by atoms with van der Waals surface area (Å²) in [6, 6.07) is 1.83. The molecule has 1 N–H and O–H groups in total. The van der Waals surface area contributed by atoms with Crippen molar-refractivity contribution in [1.82, 2.24) is 4.98 Å². The van der Waals surface area contributed by atoms with E-state index in [-0.39, 0.29) is 0 Å². The number of rotatable bonds is 1. The molecule has 1 amide bonds. The topological polar surface area (TPSA) is 51.2 Å². The molecule has 0 spiro atoms. The average Bonchev–Trinajstić information content (AvgIpc) is 2.22. The predicted octanol–water partition coefficient (Wildman–Crippen LogP) is 3.76. The first kappa shape index (κ1) is 15.4. The van der Waals surface area contributed by atoms with Crippen LogP contribution in [0.3, 0.4) is 0 Å². The van der Waals surface area contributed by atoms with E-state index >= 15 is 0 Å². The maximum atomic E-state index is 11.4. The molecule has 0 unspecified atom stereocenters. The molecule has 0 saturated heterocycles. The Morgan fingerprint density at radius 1 is 1.35 bits per heavy atom. The molecule has 96 valence electrons. The van der Waals surface area contributed by atoms with Crippen LogP contribution in [0.2, 0.25) is 0 Å². The molecule has 0 radical (unpaired) electrons. The highest BCUT2D eigenvalue weighted by Crippen LogP contribution is 2.14. The molecule has 0 aliphatic heterocycles. The number of carbonyl (C=O) groups is 1. The number of amides is 1. The first-order chi connectivity index (χ1) is 7.88. The van der Waals surface area contributed by atoms with Gasteiger partial charge in [-0.15, -0.1) is 0 Å². The number of hydrogen-bond donors (Lipinski definition) is 1. The molecule has 1 heterocycles. The zero-order valence-electron chi connectivity index (χ0n) is 11.5. The highest BCUT2D eigenvalue weighted by Gasteiger charge is 2.16. The van der Waals surface area contributed by atoms with Crippen molar-refractivity contribution in [3.05, 3.63) is 24.0 Å². The van der Waals surface area contributed by atoms with Crippen molar-refractivity contribution in [2.75, 3.05) is 5.32 Å². The monoisotopic (exact) mass is 238 g/mol. The molecule has 0 aliphatic carbocycles. The molecule has 1 aromatic heterocycles. The molecule has 0 atom stereocenters. The summed E-state index contributed by atoms with van der Waals surface area (Å²) in [6.45, 7) is 11.4. The molecule has 4 heteroatoms. The molecular formula is C13H22N2O2. The van der Waals surface area contributed by atoms with Gasteiger partial charge in [-0.1, -0.05) is 13.8 Å². The third kappa shape index (κ3) is 6.56. The van der Waals surface area contributed by atoms with Crippen LogP contribution in [0.25, 0.3) is 0 Å². The molecule has 0 saturated carbocycles. The van der Waals surface area contributed by atoms with Crippen LogP contribution in [0.5, 0.6) is 0 Å². The van der Waals surface area contributed by atoms with Crippen molar-refractivity contribution in [3.63, 3.8) is 0 Å². The lowest BCUT2D eigenvalue weighted by atomic mass is 10.2. The fourth-order valence-electron chi connectivity index (χ4n) is 1.01. The zero-order chi connectivity index (χ0) is 13.5. The summed E-state index contributed by atoms with van der Waals surface area (Å²) in [5.74, 6) is 0. The average molecular weight is 238 g/mol. The fraction of sp³-hybridized carbons (Fsp3) is 0.538. The molecule has 17 heavy (non-hydrogen) atoms. The third-order valence-corrected chi connectivity index (χ3v) is 1.67. The van der Waals surface area contributed by atoms with E-state index in [4.69, 9.17) is 4.74 Å². The number of carbonyl (C=O) groups excluding carboxylic acids is 1. The smallest absolute Gasteiger partial charge is 0.412 e. The van der Waals surface area contributed by atoms with Crippen LogP contribution < -0.4 is 5.32 Å². The van der Waals surface area contributed by atoms with Gasteiger partial charge < -0.3 is 4.74 Å². The second-order valence-corrected chi connectivity index (χ2v) is 4.32. The molecule has 1 aromatic rings. The second kappa shape index (κ2) is 6.89. The molecule has 0 bridgehead atoms. The maximum absolute atomic E-state index is 11.4. The van der Waals surface area contributed by atoms with Gasteiger partial charge in [0.15, 0.2) is 0 Å². The minimum atomic E-state index is -0.486. The number of nitrogens with zero attached hydrogens (tertiary/aromatic N) is 1. The van der Waals surface area contributed by atoms with Gasteiger partial charge in [0.25, 0.3) is 0 Å². The highest BCUT2D eigenvalue weighted by molar-refractivity contribution is 5.85. The van der Waals surface area contributed by atoms with Gasteiger partial charge in [-0.05, 0) is 39.3 Å². The van der Waals surface area contributed by atoms with Gasteiger partial charge in [0.05, 0.1) is 11.9 Å². The number of anilines is 1. The van der Waals surface area contributed by atoms with Crippen molar-refractivity contribution in [2.24, 2.45) is 0 Å². The van der Waals surface area contributed by atoms with E-state index in [2.05, 4.69) is 10.3 Å². The largest absolute Gasteiger partial charge is 0.444 e. The Labute approximate surface area is 103 Å². The summed E-state index contributed by atoms with van der Waals surface area (Å²) < 4.78 is 5.12. The van der Waals surface area contributed by atoms with Crippen molar-refractivity contribution >= 4 is 11.8 Å². The van der Waals surface area contributed by atoms with Gasteiger partial charge in [0.2, 0.25) is 0 Å². The Balaban J connectivity index is 0.00000121. The van der Waals surface area contributed by atoms with E-state index in [1.54, 1.807) is 12.4 Å². The van der Waals surface area contributed by atoms with Crippen molar-refractivity contribution in [1.29, 1.82) is 0 Å². The SMILES string of the molecule is CC.Cc1ccncc1NC(=O)OC(C)(C)C. The van der Waals surface area contributed by atoms with Gasteiger partial charge in [-0.25, -0.2) is 4.79 Å². The molecule has 0 fully saturated rings. The first-order valence-corrected chi connectivity index (χ1v) is 5.79. The van der Waals surface area contributed by atoms with Crippen molar-refractivity contribution < 1.29 is 9.53 Å². The lowest BCUT2D eigenvalue weighted by molar-refractivity contribution is 0.0636. The minimum absolute atomic E-state index is 0.460. The highest BCUT2D eigenvalue weighted by atomic mass is 16.6. The Morgan fingerprint density at radius 2 is 1.94 bits per heavy atom. The van der Waals surface area contributed by atoms with Gasteiger partial charge in [-0.3, -0.25) is 10.3 Å². The lowest BCUT2D eigenvalue weighted by Gasteiger charge is -2.19.